The molecule has 0 saturated carbocycles. The highest BCUT2D eigenvalue weighted by Gasteiger charge is 2.19. The zero-order valence-electron chi connectivity index (χ0n) is 44.6. The van der Waals surface area contributed by atoms with Gasteiger partial charge in [-0.2, -0.15) is 0 Å². The molecular formula is C59H114O6. The van der Waals surface area contributed by atoms with Gasteiger partial charge in [-0.15, -0.1) is 0 Å². The lowest BCUT2D eigenvalue weighted by Gasteiger charge is -2.18. The molecule has 0 fully saturated rings. The van der Waals surface area contributed by atoms with Crippen LogP contribution in [0.3, 0.4) is 0 Å². The summed E-state index contributed by atoms with van der Waals surface area (Å²) < 4.78 is 16.9. The zero-order chi connectivity index (χ0) is 47.5. The van der Waals surface area contributed by atoms with Crippen molar-refractivity contribution in [3.63, 3.8) is 0 Å². The highest BCUT2D eigenvalue weighted by atomic mass is 16.6. The summed E-state index contributed by atoms with van der Waals surface area (Å²) in [5.74, 6) is 0.843. The molecule has 0 aromatic rings. The van der Waals surface area contributed by atoms with Crippen LogP contribution in [0, 0.1) is 11.8 Å². The molecule has 0 aliphatic rings. The molecule has 0 heterocycles. The number of carbonyl (C=O) groups is 3. The van der Waals surface area contributed by atoms with Gasteiger partial charge in [0.15, 0.2) is 6.10 Å². The van der Waals surface area contributed by atoms with Gasteiger partial charge in [0.1, 0.15) is 13.2 Å². The number of hydrogen-bond donors (Lipinski definition) is 0. The molecule has 0 bridgehead atoms. The number of esters is 3. The van der Waals surface area contributed by atoms with Crippen LogP contribution in [0.15, 0.2) is 0 Å². The molecule has 0 aromatic heterocycles. The van der Waals surface area contributed by atoms with Crippen LogP contribution in [-0.4, -0.2) is 37.2 Å². The van der Waals surface area contributed by atoms with E-state index >= 15 is 0 Å². The maximum absolute atomic E-state index is 12.8. The van der Waals surface area contributed by atoms with E-state index in [1.54, 1.807) is 0 Å². The second kappa shape index (κ2) is 51.8. The molecule has 0 amide bonds. The number of ether oxygens (including phenoxy) is 3. The van der Waals surface area contributed by atoms with Gasteiger partial charge in [0.05, 0.1) is 0 Å². The Morgan fingerprint density at radius 3 is 0.877 bits per heavy atom. The molecule has 6 heteroatoms. The van der Waals surface area contributed by atoms with Gasteiger partial charge < -0.3 is 14.2 Å². The van der Waals surface area contributed by atoms with E-state index in [4.69, 9.17) is 14.2 Å². The number of rotatable bonds is 53. The lowest BCUT2D eigenvalue weighted by atomic mass is 9.99. The molecule has 0 spiro atoms. The summed E-state index contributed by atoms with van der Waals surface area (Å²) in [7, 11) is 0. The fourth-order valence-electron chi connectivity index (χ4n) is 9.02. The second-order valence-corrected chi connectivity index (χ2v) is 21.0. The quantitative estimate of drug-likeness (QED) is 0.0344. The molecule has 0 N–H and O–H groups in total. The smallest absolute Gasteiger partial charge is 0.306 e. The maximum Gasteiger partial charge on any atom is 0.306 e. The first-order chi connectivity index (χ1) is 31.8. The van der Waals surface area contributed by atoms with Crippen molar-refractivity contribution >= 4 is 17.9 Å². The Morgan fingerprint density at radius 1 is 0.323 bits per heavy atom. The Labute approximate surface area is 406 Å². The first-order valence-corrected chi connectivity index (χ1v) is 29.3. The topological polar surface area (TPSA) is 78.9 Å². The summed E-state index contributed by atoms with van der Waals surface area (Å²) in [6.07, 6.45) is 55.2. The minimum Gasteiger partial charge on any atom is -0.462 e. The molecule has 0 aliphatic heterocycles. The van der Waals surface area contributed by atoms with Gasteiger partial charge >= 0.3 is 17.9 Å². The van der Waals surface area contributed by atoms with E-state index < -0.39 is 6.10 Å². The second-order valence-electron chi connectivity index (χ2n) is 21.0. The van der Waals surface area contributed by atoms with Crippen molar-refractivity contribution < 1.29 is 28.6 Å². The molecule has 0 rings (SSSR count). The summed E-state index contributed by atoms with van der Waals surface area (Å²) in [5, 5.41) is 0. The van der Waals surface area contributed by atoms with Crippen LogP contribution < -0.4 is 0 Å². The molecule has 0 saturated heterocycles. The van der Waals surface area contributed by atoms with Gasteiger partial charge in [-0.3, -0.25) is 14.4 Å². The Balaban J connectivity index is 4.26. The third kappa shape index (κ3) is 51.6. The van der Waals surface area contributed by atoms with E-state index in [-0.39, 0.29) is 31.1 Å². The predicted molar refractivity (Wildman–Crippen MR) is 280 cm³/mol. The third-order valence-electron chi connectivity index (χ3n) is 13.8. The van der Waals surface area contributed by atoms with Crippen LogP contribution in [0.4, 0.5) is 0 Å². The minimum absolute atomic E-state index is 0.0632. The van der Waals surface area contributed by atoms with Crippen molar-refractivity contribution in [1.29, 1.82) is 0 Å². The number of unbranched alkanes of at least 4 members (excludes halogenated alkanes) is 37. The van der Waals surface area contributed by atoms with Crippen molar-refractivity contribution in [1.82, 2.24) is 0 Å². The Hall–Kier alpha value is -1.59. The summed E-state index contributed by atoms with van der Waals surface area (Å²) in [5.41, 5.74) is 0. The molecule has 2 atom stereocenters. The Morgan fingerprint density at radius 2 is 0.585 bits per heavy atom. The Kier molecular flexibility index (Phi) is 50.5. The van der Waals surface area contributed by atoms with E-state index in [1.807, 2.05) is 0 Å². The van der Waals surface area contributed by atoms with Crippen LogP contribution in [0.5, 0.6) is 0 Å². The molecule has 0 radical (unpaired) electrons. The lowest BCUT2D eigenvalue weighted by Crippen LogP contribution is -2.30. The SMILES string of the molecule is CCCCCCCCCCCCCCCCCCCCCC(=O)OC[C@H](COC(=O)CCCCCCCCCCCCCCCC(C)C)OC(=O)CCCCCCCCCCC(C)CC. The maximum atomic E-state index is 12.8. The van der Waals surface area contributed by atoms with Gasteiger partial charge in [-0.25, -0.2) is 0 Å². The monoisotopic (exact) mass is 919 g/mol. The average molecular weight is 920 g/mol. The molecule has 65 heavy (non-hydrogen) atoms. The third-order valence-corrected chi connectivity index (χ3v) is 13.8. The number of hydrogen-bond acceptors (Lipinski definition) is 6. The standard InChI is InChI=1S/C59H114O6/c1-6-8-9-10-11-12-13-14-15-16-17-18-19-22-25-28-34-39-44-49-57(60)63-52-56(65-59(62)51-46-41-36-31-30-33-38-43-48-55(5)7-2)53-64-58(61)50-45-40-35-29-26-23-20-21-24-27-32-37-42-47-54(3)4/h54-56H,6-53H2,1-5H3/t55?,56-/m1/s1. The zero-order valence-corrected chi connectivity index (χ0v) is 44.6. The Bertz CT molecular complexity index is 995. The van der Waals surface area contributed by atoms with Crippen LogP contribution in [0.25, 0.3) is 0 Å². The number of carbonyl (C=O) groups excluding carboxylic acids is 3. The fraction of sp³-hybridized carbons (Fsp3) is 0.949. The molecule has 0 aliphatic carbocycles. The van der Waals surface area contributed by atoms with E-state index in [0.717, 1.165) is 69.6 Å². The van der Waals surface area contributed by atoms with Gasteiger partial charge in [0.25, 0.3) is 0 Å². The molecule has 6 nitrogen and oxygen atoms in total. The molecule has 386 valence electrons. The summed E-state index contributed by atoms with van der Waals surface area (Å²) in [6.45, 7) is 11.4. The van der Waals surface area contributed by atoms with Crippen LogP contribution >= 0.6 is 0 Å². The highest BCUT2D eigenvalue weighted by Crippen LogP contribution is 2.19. The van der Waals surface area contributed by atoms with Gasteiger partial charge in [-0.1, -0.05) is 291 Å². The van der Waals surface area contributed by atoms with E-state index in [2.05, 4.69) is 34.6 Å². The van der Waals surface area contributed by atoms with Crippen molar-refractivity contribution in [2.45, 2.75) is 336 Å². The molecular weight excluding hydrogens is 805 g/mol. The normalized spacial score (nSPS) is 12.5. The summed E-state index contributed by atoms with van der Waals surface area (Å²) in [6, 6.07) is 0. The van der Waals surface area contributed by atoms with E-state index in [0.29, 0.717) is 19.3 Å². The highest BCUT2D eigenvalue weighted by molar-refractivity contribution is 5.71. The lowest BCUT2D eigenvalue weighted by molar-refractivity contribution is -0.167. The van der Waals surface area contributed by atoms with Crippen molar-refractivity contribution in [3.8, 4) is 0 Å². The van der Waals surface area contributed by atoms with E-state index in [1.165, 1.54) is 218 Å². The first-order valence-electron chi connectivity index (χ1n) is 29.3. The van der Waals surface area contributed by atoms with Gasteiger partial charge in [-0.05, 0) is 31.1 Å². The van der Waals surface area contributed by atoms with Crippen LogP contribution in [0.2, 0.25) is 0 Å². The predicted octanol–water partition coefficient (Wildman–Crippen LogP) is 19.3. The van der Waals surface area contributed by atoms with Crippen LogP contribution in [-0.2, 0) is 28.6 Å². The van der Waals surface area contributed by atoms with Crippen molar-refractivity contribution in [3.05, 3.63) is 0 Å². The van der Waals surface area contributed by atoms with E-state index in [9.17, 15) is 14.4 Å². The first kappa shape index (κ1) is 63.4. The fourth-order valence-corrected chi connectivity index (χ4v) is 9.02. The summed E-state index contributed by atoms with van der Waals surface area (Å²) in [4.78, 5) is 38.1. The minimum atomic E-state index is -0.763. The van der Waals surface area contributed by atoms with Crippen molar-refractivity contribution in [2.24, 2.45) is 11.8 Å². The molecule has 1 unspecified atom stereocenters. The largest absolute Gasteiger partial charge is 0.462 e. The average Bonchev–Trinajstić information content (AvgIpc) is 3.29. The summed E-state index contributed by atoms with van der Waals surface area (Å²) >= 11 is 0. The van der Waals surface area contributed by atoms with Gasteiger partial charge in [0.2, 0.25) is 0 Å². The van der Waals surface area contributed by atoms with Gasteiger partial charge in [0, 0.05) is 19.3 Å². The van der Waals surface area contributed by atoms with Crippen LogP contribution in [0.1, 0.15) is 330 Å². The van der Waals surface area contributed by atoms with Crippen molar-refractivity contribution in [2.75, 3.05) is 13.2 Å². The molecule has 0 aromatic carbocycles.